The Morgan fingerprint density at radius 1 is 1.12 bits per heavy atom. The summed E-state index contributed by atoms with van der Waals surface area (Å²) in [4.78, 5) is 48.9. The van der Waals surface area contributed by atoms with Crippen LogP contribution in [0.2, 0.25) is 5.02 Å². The van der Waals surface area contributed by atoms with Crippen LogP contribution in [0.4, 0.5) is 0 Å². The van der Waals surface area contributed by atoms with Crippen molar-refractivity contribution in [3.63, 3.8) is 0 Å². The van der Waals surface area contributed by atoms with E-state index in [9.17, 15) is 14.4 Å². The molecule has 0 saturated carbocycles. The first-order valence-corrected chi connectivity index (χ1v) is 15.6. The van der Waals surface area contributed by atoms with Gasteiger partial charge in [0.2, 0.25) is 0 Å². The van der Waals surface area contributed by atoms with Crippen molar-refractivity contribution in [1.29, 1.82) is 0 Å². The van der Waals surface area contributed by atoms with E-state index < -0.39 is 12.0 Å². The molecule has 3 heterocycles. The standard InChI is InChI=1S/C32H35ClN4O5S/c1-5-35-13-15-36(16-14-35)27(38)19-41-25-11-9-22(10-12-25)17-26-30(39)37-29(23-7-6-8-24(33)18-23)28(31(40)42-20(2)3)21(4)34-32(37)43-26/h6-12,17-18,20,29H,5,13-16,19H2,1-4H3/b26-17-. The molecule has 43 heavy (non-hydrogen) atoms. The third-order valence-corrected chi connectivity index (χ3v) is 8.68. The van der Waals surface area contributed by atoms with Gasteiger partial charge in [-0.15, -0.1) is 0 Å². The zero-order valence-corrected chi connectivity index (χ0v) is 26.3. The fraction of sp³-hybridized carbons (Fsp3) is 0.375. The Morgan fingerprint density at radius 3 is 2.49 bits per heavy atom. The summed E-state index contributed by atoms with van der Waals surface area (Å²) in [5.41, 5.74) is 2.00. The maximum Gasteiger partial charge on any atom is 0.338 e. The summed E-state index contributed by atoms with van der Waals surface area (Å²) in [6, 6.07) is 13.6. The van der Waals surface area contributed by atoms with Gasteiger partial charge in [0.15, 0.2) is 11.4 Å². The number of aromatic nitrogens is 1. The molecule has 9 nitrogen and oxygen atoms in total. The number of ether oxygens (including phenoxy) is 2. The van der Waals surface area contributed by atoms with E-state index in [2.05, 4.69) is 16.8 Å². The molecule has 2 aromatic carbocycles. The van der Waals surface area contributed by atoms with Crippen LogP contribution in [0.1, 0.15) is 44.9 Å². The van der Waals surface area contributed by atoms with Gasteiger partial charge in [0.1, 0.15) is 5.75 Å². The second-order valence-electron chi connectivity index (χ2n) is 10.8. The summed E-state index contributed by atoms with van der Waals surface area (Å²) in [7, 11) is 0. The molecule has 226 valence electrons. The highest BCUT2D eigenvalue weighted by molar-refractivity contribution is 7.07. The molecule has 1 aromatic heterocycles. The Kier molecular flexibility index (Phi) is 9.49. The van der Waals surface area contributed by atoms with E-state index in [1.807, 2.05) is 23.1 Å². The van der Waals surface area contributed by atoms with Gasteiger partial charge in [0, 0.05) is 31.2 Å². The van der Waals surface area contributed by atoms with E-state index in [0.717, 1.165) is 25.2 Å². The average Bonchev–Trinajstić information content (AvgIpc) is 3.29. The molecule has 1 amide bonds. The monoisotopic (exact) mass is 622 g/mol. The normalized spacial score (nSPS) is 17.6. The first-order valence-electron chi connectivity index (χ1n) is 14.4. The predicted molar refractivity (Wildman–Crippen MR) is 167 cm³/mol. The topological polar surface area (TPSA) is 93.4 Å². The Labute approximate surface area is 259 Å². The van der Waals surface area contributed by atoms with E-state index in [4.69, 9.17) is 21.1 Å². The van der Waals surface area contributed by atoms with Crippen molar-refractivity contribution >= 4 is 40.9 Å². The number of fused-ring (bicyclic) bond motifs is 1. The van der Waals surface area contributed by atoms with Gasteiger partial charge in [0.05, 0.1) is 27.9 Å². The van der Waals surface area contributed by atoms with Crippen molar-refractivity contribution in [2.24, 2.45) is 4.99 Å². The number of nitrogens with zero attached hydrogens (tertiary/aromatic N) is 4. The molecule has 3 aromatic rings. The Bertz CT molecular complexity index is 1720. The maximum absolute atomic E-state index is 13.8. The fourth-order valence-electron chi connectivity index (χ4n) is 5.21. The van der Waals surface area contributed by atoms with Gasteiger partial charge in [-0.25, -0.2) is 9.79 Å². The van der Waals surface area contributed by atoms with Crippen molar-refractivity contribution < 1.29 is 19.1 Å². The molecule has 0 N–H and O–H groups in total. The van der Waals surface area contributed by atoms with Crippen LogP contribution in [-0.2, 0) is 14.3 Å². The molecule has 1 atom stereocenters. The van der Waals surface area contributed by atoms with Crippen molar-refractivity contribution in [2.75, 3.05) is 39.3 Å². The number of carbonyl (C=O) groups is 2. The smallest absolute Gasteiger partial charge is 0.338 e. The molecular formula is C32H35ClN4O5S. The van der Waals surface area contributed by atoms with Crippen LogP contribution < -0.4 is 19.6 Å². The zero-order valence-electron chi connectivity index (χ0n) is 24.7. The Balaban J connectivity index is 1.39. The van der Waals surface area contributed by atoms with Crippen LogP contribution in [0, 0.1) is 0 Å². The third-order valence-electron chi connectivity index (χ3n) is 7.46. The number of likely N-dealkylation sites (N-methyl/N-ethyl adjacent to an activating group) is 1. The van der Waals surface area contributed by atoms with Gasteiger partial charge in [-0.1, -0.05) is 54.1 Å². The van der Waals surface area contributed by atoms with Crippen molar-refractivity contribution in [1.82, 2.24) is 14.4 Å². The summed E-state index contributed by atoms with van der Waals surface area (Å²) >= 11 is 7.57. The number of piperazine rings is 1. The third kappa shape index (κ3) is 6.92. The minimum Gasteiger partial charge on any atom is -0.484 e. The highest BCUT2D eigenvalue weighted by atomic mass is 35.5. The molecule has 2 aliphatic heterocycles. The summed E-state index contributed by atoms with van der Waals surface area (Å²) < 4.78 is 13.3. The number of rotatable bonds is 8. The number of thiazole rings is 1. The van der Waals surface area contributed by atoms with Gasteiger partial charge in [-0.2, -0.15) is 0 Å². The van der Waals surface area contributed by atoms with Gasteiger partial charge in [-0.3, -0.25) is 14.2 Å². The molecule has 0 bridgehead atoms. The summed E-state index contributed by atoms with van der Waals surface area (Å²) in [5.74, 6) is 0.0268. The number of amides is 1. The predicted octanol–water partition coefficient (Wildman–Crippen LogP) is 3.38. The fourth-order valence-corrected chi connectivity index (χ4v) is 6.46. The van der Waals surface area contributed by atoms with Crippen LogP contribution in [0.5, 0.6) is 5.75 Å². The second-order valence-corrected chi connectivity index (χ2v) is 12.2. The van der Waals surface area contributed by atoms with Gasteiger partial charge >= 0.3 is 5.97 Å². The number of benzene rings is 2. The lowest BCUT2D eigenvalue weighted by Gasteiger charge is -2.33. The second kappa shape index (κ2) is 13.3. The molecule has 1 unspecified atom stereocenters. The number of halogens is 1. The number of carbonyl (C=O) groups excluding carboxylic acids is 2. The van der Waals surface area contributed by atoms with Crippen LogP contribution in [-0.4, -0.2) is 71.7 Å². The van der Waals surface area contributed by atoms with E-state index in [1.165, 1.54) is 15.9 Å². The minimum atomic E-state index is -0.735. The molecule has 2 aliphatic rings. The zero-order chi connectivity index (χ0) is 30.7. The van der Waals surface area contributed by atoms with Crippen molar-refractivity contribution in [3.8, 4) is 5.75 Å². The van der Waals surface area contributed by atoms with E-state index in [1.54, 1.807) is 57.2 Å². The molecule has 1 saturated heterocycles. The van der Waals surface area contributed by atoms with Gasteiger partial charge in [0.25, 0.3) is 11.5 Å². The molecule has 1 fully saturated rings. The molecular weight excluding hydrogens is 588 g/mol. The molecule has 0 spiro atoms. The maximum atomic E-state index is 13.8. The Hall–Kier alpha value is -3.73. The number of hydrogen-bond donors (Lipinski definition) is 0. The highest BCUT2D eigenvalue weighted by Crippen LogP contribution is 2.32. The quantitative estimate of drug-likeness (QED) is 0.358. The number of allylic oxidation sites excluding steroid dienone is 1. The largest absolute Gasteiger partial charge is 0.484 e. The van der Waals surface area contributed by atoms with Crippen LogP contribution >= 0.6 is 22.9 Å². The number of esters is 1. The summed E-state index contributed by atoms with van der Waals surface area (Å²) in [6.45, 7) is 11.6. The summed E-state index contributed by atoms with van der Waals surface area (Å²) in [5, 5.41) is 0.494. The van der Waals surface area contributed by atoms with Gasteiger partial charge < -0.3 is 19.3 Å². The lowest BCUT2D eigenvalue weighted by atomic mass is 9.96. The average molecular weight is 623 g/mol. The minimum absolute atomic E-state index is 0.0193. The van der Waals surface area contributed by atoms with Gasteiger partial charge in [-0.05, 0) is 68.8 Å². The molecule has 0 radical (unpaired) electrons. The molecule has 0 aliphatic carbocycles. The first-order chi connectivity index (χ1) is 20.6. The van der Waals surface area contributed by atoms with Crippen molar-refractivity contribution in [2.45, 2.75) is 39.8 Å². The van der Waals surface area contributed by atoms with Crippen LogP contribution in [0.15, 0.2) is 69.6 Å². The van der Waals surface area contributed by atoms with E-state index in [-0.39, 0.29) is 24.2 Å². The first kappa shape index (κ1) is 30.7. The van der Waals surface area contributed by atoms with Crippen molar-refractivity contribution in [3.05, 3.63) is 95.6 Å². The van der Waals surface area contributed by atoms with E-state index >= 15 is 0 Å². The van der Waals surface area contributed by atoms with E-state index in [0.29, 0.717) is 50.0 Å². The Morgan fingerprint density at radius 2 is 1.84 bits per heavy atom. The SMILES string of the molecule is CCN1CCN(C(=O)COc2ccc(/C=c3\sc4n(c3=O)C(c3cccc(Cl)c3)C(C(=O)OC(C)C)=C(C)N=4)cc2)CC1. The molecule has 11 heteroatoms. The highest BCUT2D eigenvalue weighted by Gasteiger charge is 2.34. The lowest BCUT2D eigenvalue weighted by molar-refractivity contribution is -0.143. The summed E-state index contributed by atoms with van der Waals surface area (Å²) in [6.07, 6.45) is 1.45. The van der Waals surface area contributed by atoms with Crippen LogP contribution in [0.3, 0.4) is 0 Å². The number of hydrogen-bond acceptors (Lipinski definition) is 8. The molecule has 5 rings (SSSR count). The lowest BCUT2D eigenvalue weighted by Crippen LogP contribution is -2.49. The van der Waals surface area contributed by atoms with Crippen LogP contribution in [0.25, 0.3) is 6.08 Å².